The molecule has 100 valence electrons. The number of nitrogens with zero attached hydrogens (tertiary/aromatic N) is 1. The Hall–Kier alpha value is -0.580. The quantitative estimate of drug-likeness (QED) is 0.768. The van der Waals surface area contributed by atoms with Gasteiger partial charge >= 0.3 is 6.18 Å². The Bertz CT molecular complexity index is 286. The number of alkyl halides is 3. The Kier molecular flexibility index (Phi) is 4.23. The largest absolute Gasteiger partial charge is 0.393 e. The van der Waals surface area contributed by atoms with Crippen LogP contribution in [0, 0.1) is 11.3 Å². The van der Waals surface area contributed by atoms with Crippen LogP contribution in [0.5, 0.6) is 0 Å². The van der Waals surface area contributed by atoms with E-state index < -0.39 is 17.5 Å². The molecule has 0 saturated carbocycles. The fraction of sp³-hybridized carbons (Fsp3) is 0.917. The first kappa shape index (κ1) is 14.5. The molecule has 1 atom stereocenters. The Morgan fingerprint density at radius 1 is 1.35 bits per heavy atom. The van der Waals surface area contributed by atoms with Crippen molar-refractivity contribution in [1.29, 1.82) is 0 Å². The molecule has 1 aliphatic rings. The summed E-state index contributed by atoms with van der Waals surface area (Å²) >= 11 is 0. The zero-order chi connectivity index (χ0) is 13.3. The van der Waals surface area contributed by atoms with Crippen molar-refractivity contribution in [3.05, 3.63) is 0 Å². The predicted molar refractivity (Wildman–Crippen MR) is 59.7 cm³/mol. The van der Waals surface area contributed by atoms with Crippen LogP contribution >= 0.6 is 0 Å². The van der Waals surface area contributed by atoms with Gasteiger partial charge in [0.25, 0.3) is 0 Å². The molecule has 0 aromatic carbocycles. The van der Waals surface area contributed by atoms with E-state index in [9.17, 15) is 18.0 Å². The lowest BCUT2D eigenvalue weighted by atomic mass is 9.86. The van der Waals surface area contributed by atoms with Crippen LogP contribution in [0.1, 0.15) is 33.6 Å². The first-order chi connectivity index (χ1) is 7.63. The average Bonchev–Trinajstić information content (AvgIpc) is 2.15. The van der Waals surface area contributed by atoms with Crippen LogP contribution in [-0.4, -0.2) is 36.5 Å². The van der Waals surface area contributed by atoms with E-state index in [2.05, 4.69) is 0 Å². The average molecular weight is 251 g/mol. The first-order valence-corrected chi connectivity index (χ1v) is 5.93. The van der Waals surface area contributed by atoms with Crippen LogP contribution < -0.4 is 0 Å². The number of rotatable bonds is 3. The number of halogens is 3. The number of carbonyl (C=O) groups excluding carboxylic acids is 1. The third-order valence-corrected chi connectivity index (χ3v) is 3.54. The van der Waals surface area contributed by atoms with E-state index in [0.717, 1.165) is 0 Å². The zero-order valence-electron chi connectivity index (χ0n) is 10.6. The normalized spacial score (nSPS) is 23.8. The highest BCUT2D eigenvalue weighted by atomic mass is 19.4. The minimum atomic E-state index is -4.11. The second-order valence-corrected chi connectivity index (χ2v) is 5.56. The zero-order valence-corrected chi connectivity index (χ0v) is 10.6. The number of hydrogen-bond acceptors (Lipinski definition) is 2. The highest BCUT2D eigenvalue weighted by Crippen LogP contribution is 2.34. The second kappa shape index (κ2) is 4.96. The molecule has 17 heavy (non-hydrogen) atoms. The number of carbonyl (C=O) groups is 1. The van der Waals surface area contributed by atoms with Crippen LogP contribution in [-0.2, 0) is 4.79 Å². The number of ketones is 1. The molecule has 0 aromatic rings. The van der Waals surface area contributed by atoms with Crippen molar-refractivity contribution in [1.82, 2.24) is 4.90 Å². The van der Waals surface area contributed by atoms with E-state index in [4.69, 9.17) is 0 Å². The summed E-state index contributed by atoms with van der Waals surface area (Å²) in [5.74, 6) is -1.22. The van der Waals surface area contributed by atoms with Gasteiger partial charge in [0.2, 0.25) is 0 Å². The van der Waals surface area contributed by atoms with Crippen molar-refractivity contribution in [2.75, 3.05) is 19.6 Å². The van der Waals surface area contributed by atoms with E-state index in [1.807, 2.05) is 0 Å². The van der Waals surface area contributed by atoms with Crippen molar-refractivity contribution in [3.8, 4) is 0 Å². The van der Waals surface area contributed by atoms with Crippen LogP contribution in [0.2, 0.25) is 0 Å². The second-order valence-electron chi connectivity index (χ2n) is 5.56. The van der Waals surface area contributed by atoms with Crippen LogP contribution in [0.4, 0.5) is 13.2 Å². The molecule has 1 aliphatic heterocycles. The summed E-state index contributed by atoms with van der Waals surface area (Å²) in [5.41, 5.74) is -0.562. The SMILES string of the molecule is CC(=O)C(C)(C)CN1CCCC(C(F)(F)F)C1. The van der Waals surface area contributed by atoms with E-state index >= 15 is 0 Å². The van der Waals surface area contributed by atoms with Gasteiger partial charge in [-0.15, -0.1) is 0 Å². The van der Waals surface area contributed by atoms with Gasteiger partial charge in [-0.2, -0.15) is 13.2 Å². The van der Waals surface area contributed by atoms with Crippen LogP contribution in [0.25, 0.3) is 0 Å². The van der Waals surface area contributed by atoms with Gasteiger partial charge in [0.15, 0.2) is 0 Å². The summed E-state index contributed by atoms with van der Waals surface area (Å²) in [7, 11) is 0. The van der Waals surface area contributed by atoms with E-state index in [1.54, 1.807) is 18.7 Å². The molecule has 5 heteroatoms. The molecule has 1 fully saturated rings. The summed E-state index contributed by atoms with van der Waals surface area (Å²) in [6.07, 6.45) is -3.35. The Balaban J connectivity index is 2.59. The third kappa shape index (κ3) is 3.98. The van der Waals surface area contributed by atoms with Crippen molar-refractivity contribution < 1.29 is 18.0 Å². The predicted octanol–water partition coefficient (Wildman–Crippen LogP) is 2.88. The summed E-state index contributed by atoms with van der Waals surface area (Å²) < 4.78 is 37.8. The molecular weight excluding hydrogens is 231 g/mol. The van der Waals surface area contributed by atoms with Crippen molar-refractivity contribution in [2.45, 2.75) is 39.8 Å². The maximum Gasteiger partial charge on any atom is 0.393 e. The maximum absolute atomic E-state index is 12.6. The minimum Gasteiger partial charge on any atom is -0.302 e. The highest BCUT2D eigenvalue weighted by molar-refractivity contribution is 5.81. The van der Waals surface area contributed by atoms with E-state index in [0.29, 0.717) is 19.5 Å². The molecule has 1 heterocycles. The van der Waals surface area contributed by atoms with Crippen molar-refractivity contribution in [3.63, 3.8) is 0 Å². The molecule has 1 saturated heterocycles. The number of hydrogen-bond donors (Lipinski definition) is 0. The lowest BCUT2D eigenvalue weighted by Gasteiger charge is -2.37. The number of piperidine rings is 1. The smallest absolute Gasteiger partial charge is 0.302 e. The molecule has 0 spiro atoms. The molecule has 0 aromatic heterocycles. The van der Waals surface area contributed by atoms with Gasteiger partial charge in [-0.05, 0) is 26.3 Å². The number of likely N-dealkylation sites (tertiary alicyclic amines) is 1. The van der Waals surface area contributed by atoms with Gasteiger partial charge in [0, 0.05) is 18.5 Å². The summed E-state index contributed by atoms with van der Waals surface area (Å²) in [5, 5.41) is 0. The monoisotopic (exact) mass is 251 g/mol. The van der Waals surface area contributed by atoms with Crippen molar-refractivity contribution >= 4 is 5.78 Å². The Morgan fingerprint density at radius 3 is 2.41 bits per heavy atom. The molecule has 0 amide bonds. The fourth-order valence-electron chi connectivity index (χ4n) is 2.14. The molecule has 0 N–H and O–H groups in total. The molecule has 0 radical (unpaired) electrons. The number of Topliss-reactive ketones (excluding diaryl/α,β-unsaturated/α-hetero) is 1. The first-order valence-electron chi connectivity index (χ1n) is 5.93. The van der Waals surface area contributed by atoms with Gasteiger partial charge in [-0.3, -0.25) is 4.79 Å². The van der Waals surface area contributed by atoms with Crippen LogP contribution in [0.3, 0.4) is 0 Å². The van der Waals surface area contributed by atoms with Crippen LogP contribution in [0.15, 0.2) is 0 Å². The molecule has 1 rings (SSSR count). The third-order valence-electron chi connectivity index (χ3n) is 3.54. The standard InChI is InChI=1S/C12H20F3NO/c1-9(17)11(2,3)8-16-6-4-5-10(7-16)12(13,14)15/h10H,4-8H2,1-3H3. The fourth-order valence-corrected chi connectivity index (χ4v) is 2.14. The lowest BCUT2D eigenvalue weighted by molar-refractivity contribution is -0.187. The molecule has 1 unspecified atom stereocenters. The maximum atomic E-state index is 12.6. The molecule has 0 bridgehead atoms. The van der Waals surface area contributed by atoms with Gasteiger partial charge in [0.05, 0.1) is 5.92 Å². The van der Waals surface area contributed by atoms with Crippen molar-refractivity contribution in [2.24, 2.45) is 11.3 Å². The summed E-state index contributed by atoms with van der Waals surface area (Å²) in [6, 6.07) is 0. The van der Waals surface area contributed by atoms with E-state index in [1.165, 1.54) is 6.92 Å². The van der Waals surface area contributed by atoms with E-state index in [-0.39, 0.29) is 18.7 Å². The topological polar surface area (TPSA) is 20.3 Å². The van der Waals surface area contributed by atoms with Gasteiger partial charge in [-0.25, -0.2) is 0 Å². The minimum absolute atomic E-state index is 0.0200. The van der Waals surface area contributed by atoms with Gasteiger partial charge in [0.1, 0.15) is 5.78 Å². The molecule has 2 nitrogen and oxygen atoms in total. The summed E-state index contributed by atoms with van der Waals surface area (Å²) in [6.45, 7) is 6.16. The highest BCUT2D eigenvalue weighted by Gasteiger charge is 2.42. The Morgan fingerprint density at radius 2 is 1.94 bits per heavy atom. The Labute approximate surface area is 100 Å². The van der Waals surface area contributed by atoms with Gasteiger partial charge < -0.3 is 4.90 Å². The molecule has 0 aliphatic carbocycles. The lowest BCUT2D eigenvalue weighted by Crippen LogP contribution is -2.46. The van der Waals surface area contributed by atoms with Gasteiger partial charge in [-0.1, -0.05) is 13.8 Å². The summed E-state index contributed by atoms with van der Waals surface area (Å²) in [4.78, 5) is 13.1. The molecular formula is C12H20F3NO.